The molecule has 3 rings (SSSR count). The molecular formula is C29H44Br2N2+2. The summed E-state index contributed by atoms with van der Waals surface area (Å²) in [6.45, 7) is 23.4. The highest BCUT2D eigenvalue weighted by atomic mass is 79.9. The van der Waals surface area contributed by atoms with Crippen molar-refractivity contribution in [3.63, 3.8) is 0 Å². The van der Waals surface area contributed by atoms with Gasteiger partial charge in [0, 0.05) is 25.0 Å². The Morgan fingerprint density at radius 3 is 1.30 bits per heavy atom. The molecule has 0 saturated heterocycles. The molecule has 2 nitrogen and oxygen atoms in total. The average molecular weight is 580 g/mol. The van der Waals surface area contributed by atoms with E-state index in [1.54, 1.807) is 0 Å². The highest BCUT2D eigenvalue weighted by Crippen LogP contribution is 2.47. The molecule has 0 fully saturated rings. The van der Waals surface area contributed by atoms with Gasteiger partial charge in [0.05, 0.1) is 43.7 Å². The molecule has 2 unspecified atom stereocenters. The summed E-state index contributed by atoms with van der Waals surface area (Å²) >= 11 is 8.49. The van der Waals surface area contributed by atoms with Crippen LogP contribution in [-0.4, -0.2) is 24.1 Å². The van der Waals surface area contributed by atoms with Crippen molar-refractivity contribution in [3.05, 3.63) is 46.8 Å². The molecule has 2 aliphatic carbocycles. The van der Waals surface area contributed by atoms with Crippen LogP contribution in [0.1, 0.15) is 82.1 Å². The number of rotatable bonds is 6. The Labute approximate surface area is 219 Å². The van der Waals surface area contributed by atoms with Crippen LogP contribution in [0.15, 0.2) is 46.8 Å². The second-order valence-corrected chi connectivity index (χ2v) is 14.6. The zero-order chi connectivity index (χ0) is 24.8. The first kappa shape index (κ1) is 26.9. The quantitative estimate of drug-likeness (QED) is 0.169. The van der Waals surface area contributed by atoms with Gasteiger partial charge in [-0.15, -0.1) is 9.15 Å². The topological polar surface area (TPSA) is 6.02 Å². The minimum absolute atomic E-state index is 0.474. The number of halogens is 2. The predicted octanol–water partition coefficient (Wildman–Crippen LogP) is 8.63. The first-order valence-corrected chi connectivity index (χ1v) is 14.4. The zero-order valence-corrected chi connectivity index (χ0v) is 25.5. The maximum atomic E-state index is 4.24. The van der Waals surface area contributed by atoms with Gasteiger partial charge in [-0.2, -0.15) is 0 Å². The van der Waals surface area contributed by atoms with Gasteiger partial charge in [-0.1, -0.05) is 79.7 Å². The fourth-order valence-corrected chi connectivity index (χ4v) is 7.55. The minimum atomic E-state index is -0.518. The second-order valence-electron chi connectivity index (χ2n) is 11.3. The number of nitrogens with zero attached hydrogens (tertiary/aromatic N) is 2. The van der Waals surface area contributed by atoms with Crippen LogP contribution in [0.5, 0.6) is 0 Å². The number of hydrogen-bond acceptors (Lipinski definition) is 0. The van der Waals surface area contributed by atoms with Crippen LogP contribution in [0.4, 0.5) is 0 Å². The molecule has 33 heavy (non-hydrogen) atoms. The van der Waals surface area contributed by atoms with E-state index in [1.165, 1.54) is 34.0 Å². The predicted molar refractivity (Wildman–Crippen MR) is 150 cm³/mol. The highest BCUT2D eigenvalue weighted by molar-refractivity contribution is 9.25. The van der Waals surface area contributed by atoms with E-state index in [1.807, 2.05) is 0 Å². The van der Waals surface area contributed by atoms with Crippen molar-refractivity contribution in [2.24, 2.45) is 35.5 Å². The molecule has 0 aromatic carbocycles. The summed E-state index contributed by atoms with van der Waals surface area (Å²) < 4.78 is 4.61. The first-order valence-electron chi connectivity index (χ1n) is 12.8. The van der Waals surface area contributed by atoms with Gasteiger partial charge in [0.25, 0.3) is 11.4 Å². The average Bonchev–Trinajstić information content (AvgIpc) is 2.90. The van der Waals surface area contributed by atoms with Crippen LogP contribution < -0.4 is 0 Å². The van der Waals surface area contributed by atoms with Crippen molar-refractivity contribution < 1.29 is 9.15 Å². The van der Waals surface area contributed by atoms with Crippen LogP contribution in [0.3, 0.4) is 0 Å². The van der Waals surface area contributed by atoms with Crippen LogP contribution in [0.2, 0.25) is 0 Å². The minimum Gasteiger partial charge on any atom is -0.109 e. The number of alkyl halides is 2. The standard InChI is InChI=1S/C29H44Br2N2/c1-17(2)23-13-11-14-24(18(3)4)27(23)32-21(9)22(10)33(29(32,30)31)28-25(19(5)6)15-12-16-26(28)20(7)8/h11-13,15,17-20,24,26H,14,16H2,1-10H3/q+2. The van der Waals surface area contributed by atoms with Crippen molar-refractivity contribution in [3.8, 4) is 0 Å². The molecule has 0 spiro atoms. The summed E-state index contributed by atoms with van der Waals surface area (Å²) in [5, 5.41) is 0. The smallest absolute Gasteiger partial charge is 0.109 e. The van der Waals surface area contributed by atoms with Gasteiger partial charge in [0.2, 0.25) is 0 Å². The summed E-state index contributed by atoms with van der Waals surface area (Å²) in [5.74, 6) is 3.08. The van der Waals surface area contributed by atoms with Crippen molar-refractivity contribution in [1.29, 1.82) is 0 Å². The van der Waals surface area contributed by atoms with E-state index in [9.17, 15) is 0 Å². The maximum absolute atomic E-state index is 4.24. The Kier molecular flexibility index (Phi) is 8.21. The normalized spacial score (nSPS) is 25.9. The lowest BCUT2D eigenvalue weighted by molar-refractivity contribution is -0.708. The molecule has 3 aliphatic rings. The molecule has 0 radical (unpaired) electrons. The van der Waals surface area contributed by atoms with E-state index in [-0.39, 0.29) is 0 Å². The Hall–Kier alpha value is -0.740. The van der Waals surface area contributed by atoms with Crippen LogP contribution in [-0.2, 0) is 0 Å². The first-order chi connectivity index (χ1) is 15.3. The third-order valence-electron chi connectivity index (χ3n) is 7.74. The molecule has 1 heterocycles. The molecule has 0 bridgehead atoms. The zero-order valence-electron chi connectivity index (χ0n) is 22.3. The van der Waals surface area contributed by atoms with E-state index < -0.39 is 3.48 Å². The third-order valence-corrected chi connectivity index (χ3v) is 9.16. The fraction of sp³-hybridized carbons (Fsp3) is 0.655. The second kappa shape index (κ2) is 10.1. The van der Waals surface area contributed by atoms with E-state index >= 15 is 0 Å². The van der Waals surface area contributed by atoms with Crippen LogP contribution >= 0.6 is 31.9 Å². The summed E-state index contributed by atoms with van der Waals surface area (Å²) in [6, 6.07) is 0. The van der Waals surface area contributed by atoms with Gasteiger partial charge < -0.3 is 0 Å². The van der Waals surface area contributed by atoms with Gasteiger partial charge in [0.15, 0.2) is 11.4 Å². The van der Waals surface area contributed by atoms with Crippen molar-refractivity contribution >= 4 is 43.3 Å². The molecule has 1 aliphatic heterocycles. The highest BCUT2D eigenvalue weighted by Gasteiger charge is 2.62. The lowest BCUT2D eigenvalue weighted by Crippen LogP contribution is -2.43. The van der Waals surface area contributed by atoms with E-state index in [0.717, 1.165) is 12.8 Å². The fourth-order valence-electron chi connectivity index (χ4n) is 5.73. The van der Waals surface area contributed by atoms with Gasteiger partial charge in [-0.05, 0) is 36.5 Å². The van der Waals surface area contributed by atoms with E-state index in [4.69, 9.17) is 0 Å². The summed E-state index contributed by atoms with van der Waals surface area (Å²) in [5.41, 5.74) is 8.50. The largest absolute Gasteiger partial charge is 0.471 e. The van der Waals surface area contributed by atoms with E-state index in [0.29, 0.717) is 35.5 Å². The van der Waals surface area contributed by atoms with Crippen molar-refractivity contribution in [2.45, 2.75) is 85.6 Å². The lowest BCUT2D eigenvalue weighted by Gasteiger charge is -2.30. The van der Waals surface area contributed by atoms with Gasteiger partial charge in [-0.25, -0.2) is 0 Å². The monoisotopic (exact) mass is 578 g/mol. The van der Waals surface area contributed by atoms with Crippen molar-refractivity contribution in [2.75, 3.05) is 0 Å². The summed E-state index contributed by atoms with van der Waals surface area (Å²) in [7, 11) is 0. The number of hydrogen-bond donors (Lipinski definition) is 0. The van der Waals surface area contributed by atoms with Crippen LogP contribution in [0.25, 0.3) is 0 Å². The van der Waals surface area contributed by atoms with Gasteiger partial charge >= 0.3 is 3.48 Å². The molecule has 0 aromatic heterocycles. The Bertz CT molecular complexity index is 903. The van der Waals surface area contributed by atoms with Crippen molar-refractivity contribution in [1.82, 2.24) is 0 Å². The summed E-state index contributed by atoms with van der Waals surface area (Å²) in [4.78, 5) is 0. The molecule has 0 amide bonds. The maximum Gasteiger partial charge on any atom is 0.471 e. The molecule has 0 aromatic rings. The summed E-state index contributed by atoms with van der Waals surface area (Å²) in [6.07, 6.45) is 11.7. The Morgan fingerprint density at radius 2 is 1.03 bits per heavy atom. The van der Waals surface area contributed by atoms with Crippen LogP contribution in [0, 0.1) is 35.5 Å². The van der Waals surface area contributed by atoms with Gasteiger partial charge in [0.1, 0.15) is 0 Å². The third kappa shape index (κ3) is 4.73. The Balaban J connectivity index is 2.29. The molecule has 0 saturated carbocycles. The molecule has 4 heteroatoms. The van der Waals surface area contributed by atoms with E-state index in [2.05, 4.69) is 135 Å². The Morgan fingerprint density at radius 1 is 0.697 bits per heavy atom. The molecular weight excluding hydrogens is 536 g/mol. The molecule has 2 atom stereocenters. The number of allylic oxidation sites excluding steroid dienone is 8. The molecule has 182 valence electrons. The lowest BCUT2D eigenvalue weighted by atomic mass is 9.80. The van der Waals surface area contributed by atoms with Gasteiger partial charge in [-0.3, -0.25) is 0 Å². The SMILES string of the molecule is CC1=[N+](C2=C(C(C)C)C=CCC2C(C)C)C(Br)(Br)[N+](C2=C(C(C)C)C=CCC2C(C)C)=C1C. The molecule has 0 N–H and O–H groups in total.